The summed E-state index contributed by atoms with van der Waals surface area (Å²) in [6.07, 6.45) is 4.63. The molecule has 26 heavy (non-hydrogen) atoms. The number of anilines is 1. The minimum absolute atomic E-state index is 0.275. The van der Waals surface area contributed by atoms with Gasteiger partial charge >= 0.3 is 0 Å². The molecule has 0 atom stereocenters. The molecule has 1 aromatic heterocycles. The Bertz CT molecular complexity index is 932. The van der Waals surface area contributed by atoms with Crippen molar-refractivity contribution >= 4 is 11.7 Å². The Hall–Kier alpha value is -3.15. The average molecular weight is 349 g/mol. The van der Waals surface area contributed by atoms with Crippen molar-refractivity contribution in [3.05, 3.63) is 59.2 Å². The van der Waals surface area contributed by atoms with Crippen molar-refractivity contribution in [2.75, 3.05) is 12.4 Å². The molecule has 6 nitrogen and oxygen atoms in total. The Labute approximate surface area is 151 Å². The van der Waals surface area contributed by atoms with Gasteiger partial charge in [-0.1, -0.05) is 12.1 Å². The summed E-state index contributed by atoms with van der Waals surface area (Å²) in [5.41, 5.74) is 4.67. The molecule has 0 aliphatic heterocycles. The number of carbonyl (C=O) groups excluding carboxylic acids is 1. The number of rotatable bonds is 4. The molecule has 0 unspecified atom stereocenters. The van der Waals surface area contributed by atoms with Crippen LogP contribution in [-0.4, -0.2) is 23.3 Å². The summed E-state index contributed by atoms with van der Waals surface area (Å²) in [7, 11) is 1.58. The maximum atomic E-state index is 12.5. The van der Waals surface area contributed by atoms with Gasteiger partial charge < -0.3 is 10.1 Å². The van der Waals surface area contributed by atoms with Crippen molar-refractivity contribution in [2.45, 2.75) is 25.7 Å². The maximum Gasteiger partial charge on any atom is 0.256 e. The van der Waals surface area contributed by atoms with Crippen molar-refractivity contribution in [1.29, 1.82) is 0 Å². The van der Waals surface area contributed by atoms with Gasteiger partial charge in [0.15, 0.2) is 5.69 Å². The van der Waals surface area contributed by atoms with E-state index in [4.69, 9.17) is 9.37 Å². The van der Waals surface area contributed by atoms with Crippen molar-refractivity contribution in [2.24, 2.45) is 0 Å². The smallest absolute Gasteiger partial charge is 0.256 e. The Morgan fingerprint density at radius 3 is 2.58 bits per heavy atom. The molecule has 0 saturated carbocycles. The molecule has 1 amide bonds. The van der Waals surface area contributed by atoms with Gasteiger partial charge in [-0.3, -0.25) is 4.79 Å². The first kappa shape index (κ1) is 16.3. The quantitative estimate of drug-likeness (QED) is 0.773. The van der Waals surface area contributed by atoms with Crippen molar-refractivity contribution in [3.8, 4) is 17.0 Å². The van der Waals surface area contributed by atoms with E-state index in [1.54, 1.807) is 31.4 Å². The summed E-state index contributed by atoms with van der Waals surface area (Å²) >= 11 is 0. The molecule has 3 aromatic rings. The lowest BCUT2D eigenvalue weighted by Crippen LogP contribution is -2.12. The molecular weight excluding hydrogens is 330 g/mol. The predicted molar refractivity (Wildman–Crippen MR) is 97.3 cm³/mol. The van der Waals surface area contributed by atoms with Crippen LogP contribution >= 0.6 is 0 Å². The second-order valence-corrected chi connectivity index (χ2v) is 6.33. The van der Waals surface area contributed by atoms with Crippen molar-refractivity contribution < 1.29 is 14.2 Å². The summed E-state index contributed by atoms with van der Waals surface area (Å²) in [5.74, 6) is 0.739. The number of aryl methyl sites for hydroxylation is 2. The van der Waals surface area contributed by atoms with Gasteiger partial charge in [0, 0.05) is 11.1 Å². The Morgan fingerprint density at radius 1 is 1.04 bits per heavy atom. The van der Waals surface area contributed by atoms with Gasteiger partial charge in [0.2, 0.25) is 5.82 Å². The first-order chi connectivity index (χ1) is 12.7. The van der Waals surface area contributed by atoms with Crippen molar-refractivity contribution in [3.63, 3.8) is 0 Å². The SMILES string of the molecule is COc1ccc(C(=O)Nc2nonc2-c2ccc3c(c2)CCCC3)cc1. The van der Waals surface area contributed by atoms with Gasteiger partial charge in [-0.15, -0.1) is 0 Å². The van der Waals surface area contributed by atoms with Crippen LogP contribution in [-0.2, 0) is 12.8 Å². The van der Waals surface area contributed by atoms with E-state index in [9.17, 15) is 4.79 Å². The number of aromatic nitrogens is 2. The lowest BCUT2D eigenvalue weighted by Gasteiger charge is -2.16. The number of fused-ring (bicyclic) bond motifs is 1. The number of nitrogens with one attached hydrogen (secondary N) is 1. The fraction of sp³-hybridized carbons (Fsp3) is 0.250. The highest BCUT2D eigenvalue weighted by molar-refractivity contribution is 6.05. The van der Waals surface area contributed by atoms with Gasteiger partial charge in [0.05, 0.1) is 7.11 Å². The third-order valence-electron chi connectivity index (χ3n) is 4.69. The van der Waals surface area contributed by atoms with E-state index in [1.165, 1.54) is 24.0 Å². The zero-order valence-electron chi connectivity index (χ0n) is 14.5. The third kappa shape index (κ3) is 3.18. The molecule has 0 fully saturated rings. The molecule has 0 bridgehead atoms. The molecular formula is C20H19N3O3. The lowest BCUT2D eigenvalue weighted by atomic mass is 9.90. The minimum Gasteiger partial charge on any atom is -0.497 e. The van der Waals surface area contributed by atoms with E-state index in [-0.39, 0.29) is 5.91 Å². The summed E-state index contributed by atoms with van der Waals surface area (Å²) < 4.78 is 9.99. The summed E-state index contributed by atoms with van der Waals surface area (Å²) in [6, 6.07) is 13.1. The molecule has 1 N–H and O–H groups in total. The van der Waals surface area contributed by atoms with Crippen LogP contribution in [0.2, 0.25) is 0 Å². The van der Waals surface area contributed by atoms with Gasteiger partial charge in [-0.05, 0) is 77.5 Å². The molecule has 2 aromatic carbocycles. The zero-order chi connectivity index (χ0) is 17.9. The largest absolute Gasteiger partial charge is 0.497 e. The van der Waals surface area contributed by atoms with Crippen LogP contribution in [0.25, 0.3) is 11.3 Å². The van der Waals surface area contributed by atoms with Crippen molar-refractivity contribution in [1.82, 2.24) is 10.3 Å². The third-order valence-corrected chi connectivity index (χ3v) is 4.69. The zero-order valence-corrected chi connectivity index (χ0v) is 14.5. The number of benzene rings is 2. The Balaban J connectivity index is 1.57. The second-order valence-electron chi connectivity index (χ2n) is 6.33. The number of hydrogen-bond acceptors (Lipinski definition) is 5. The first-order valence-corrected chi connectivity index (χ1v) is 8.65. The fourth-order valence-electron chi connectivity index (χ4n) is 3.26. The highest BCUT2D eigenvalue weighted by atomic mass is 16.6. The molecule has 1 aliphatic rings. The summed E-state index contributed by atoms with van der Waals surface area (Å²) in [6.45, 7) is 0. The topological polar surface area (TPSA) is 77.2 Å². The standard InChI is InChI=1S/C20H19N3O3/c1-25-17-10-8-14(9-11-17)20(24)21-19-18(22-26-23-19)16-7-6-13-4-2-3-5-15(13)12-16/h6-12H,2-5H2,1H3,(H,21,23,24). The number of nitrogens with zero attached hydrogens (tertiary/aromatic N) is 2. The highest BCUT2D eigenvalue weighted by Crippen LogP contribution is 2.30. The van der Waals surface area contributed by atoms with Crippen LogP contribution < -0.4 is 10.1 Å². The predicted octanol–water partition coefficient (Wildman–Crippen LogP) is 3.88. The van der Waals surface area contributed by atoms with Gasteiger partial charge in [-0.2, -0.15) is 0 Å². The molecule has 0 radical (unpaired) electrons. The van der Waals surface area contributed by atoms with Gasteiger partial charge in [-0.25, -0.2) is 4.63 Å². The molecule has 4 rings (SSSR count). The molecule has 6 heteroatoms. The van der Waals surface area contributed by atoms with E-state index in [1.807, 2.05) is 6.07 Å². The number of hydrogen-bond donors (Lipinski definition) is 1. The van der Waals surface area contributed by atoms with Gasteiger partial charge in [0.1, 0.15) is 5.75 Å². The van der Waals surface area contributed by atoms with Crippen LogP contribution in [0.15, 0.2) is 47.1 Å². The lowest BCUT2D eigenvalue weighted by molar-refractivity contribution is 0.102. The minimum atomic E-state index is -0.275. The van der Waals surface area contributed by atoms with E-state index >= 15 is 0 Å². The van der Waals surface area contributed by atoms with Crippen LogP contribution in [0.1, 0.15) is 34.3 Å². The summed E-state index contributed by atoms with van der Waals surface area (Å²) in [4.78, 5) is 12.5. The van der Waals surface area contributed by atoms with E-state index in [0.29, 0.717) is 22.8 Å². The maximum absolute atomic E-state index is 12.5. The Morgan fingerprint density at radius 2 is 1.81 bits per heavy atom. The summed E-state index contributed by atoms with van der Waals surface area (Å²) in [5, 5.41) is 10.6. The van der Waals surface area contributed by atoms with Gasteiger partial charge in [0.25, 0.3) is 5.91 Å². The number of carbonyl (C=O) groups is 1. The monoisotopic (exact) mass is 349 g/mol. The van der Waals surface area contributed by atoms with E-state index < -0.39 is 0 Å². The number of methoxy groups -OCH3 is 1. The number of ether oxygens (including phenoxy) is 1. The number of amides is 1. The normalized spacial score (nSPS) is 13.1. The highest BCUT2D eigenvalue weighted by Gasteiger charge is 2.18. The van der Waals surface area contributed by atoms with E-state index in [2.05, 4.69) is 27.8 Å². The average Bonchev–Trinajstić information content (AvgIpc) is 3.15. The molecule has 0 spiro atoms. The molecule has 0 saturated heterocycles. The molecule has 132 valence electrons. The first-order valence-electron chi connectivity index (χ1n) is 8.65. The fourth-order valence-corrected chi connectivity index (χ4v) is 3.26. The van der Waals surface area contributed by atoms with Crippen LogP contribution in [0, 0.1) is 0 Å². The molecule has 1 heterocycles. The second kappa shape index (κ2) is 7.00. The van der Waals surface area contributed by atoms with Crippen LogP contribution in [0.3, 0.4) is 0 Å². The van der Waals surface area contributed by atoms with E-state index in [0.717, 1.165) is 18.4 Å². The Kier molecular flexibility index (Phi) is 4.39. The van der Waals surface area contributed by atoms with Crippen LogP contribution in [0.5, 0.6) is 5.75 Å². The molecule has 1 aliphatic carbocycles. The van der Waals surface area contributed by atoms with Crippen LogP contribution in [0.4, 0.5) is 5.82 Å².